The topological polar surface area (TPSA) is 0 Å². The number of hydrogen-bond acceptors (Lipinski definition) is 0. The maximum atomic E-state index is 3.74. The molecule has 0 amide bonds. The minimum Gasteiger partial charge on any atom is -0.0619 e. The fourth-order valence-electron chi connectivity index (χ4n) is 6.19. The molecule has 6 rings (SSSR count). The van der Waals surface area contributed by atoms with Crippen LogP contribution in [0.1, 0.15) is 42.5 Å². The quantitative estimate of drug-likeness (QED) is 0.243. The molecule has 2 aliphatic rings. The molecule has 0 saturated heterocycles. The Labute approximate surface area is 200 Å². The van der Waals surface area contributed by atoms with Crippen molar-refractivity contribution in [2.45, 2.75) is 31.1 Å². The standard InChI is InChI=1S/C29H22Br2/c1-28(24-9-5-3-7-20(24)22-13-11-18(30)15-26(22)28)17-29(2)25-10-6-4-8-21(25)23-14-12-19(31)16-27(23)29/h3-16H,17H2,1-2H3. The van der Waals surface area contributed by atoms with Crippen molar-refractivity contribution in [2.24, 2.45) is 0 Å². The summed E-state index contributed by atoms with van der Waals surface area (Å²) in [4.78, 5) is 0. The summed E-state index contributed by atoms with van der Waals surface area (Å²) < 4.78 is 2.29. The molecule has 0 spiro atoms. The van der Waals surface area contributed by atoms with Crippen LogP contribution >= 0.6 is 31.9 Å². The highest BCUT2D eigenvalue weighted by Gasteiger charge is 2.48. The maximum absolute atomic E-state index is 3.74. The summed E-state index contributed by atoms with van der Waals surface area (Å²) in [5.74, 6) is 0. The van der Waals surface area contributed by atoms with E-state index in [0.717, 1.165) is 15.4 Å². The molecule has 2 atom stereocenters. The van der Waals surface area contributed by atoms with Crippen LogP contribution in [0.4, 0.5) is 0 Å². The largest absolute Gasteiger partial charge is 0.0619 e. The minimum absolute atomic E-state index is 0.0818. The van der Waals surface area contributed by atoms with Gasteiger partial charge < -0.3 is 0 Å². The zero-order valence-electron chi connectivity index (χ0n) is 17.5. The summed E-state index contributed by atoms with van der Waals surface area (Å²) in [7, 11) is 0. The average molecular weight is 530 g/mol. The Morgan fingerprint density at radius 1 is 0.516 bits per heavy atom. The fraction of sp³-hybridized carbons (Fsp3) is 0.172. The first kappa shape index (κ1) is 19.5. The highest BCUT2D eigenvalue weighted by molar-refractivity contribution is 9.10. The molecule has 2 aliphatic carbocycles. The van der Waals surface area contributed by atoms with Crippen LogP contribution in [-0.2, 0) is 10.8 Å². The minimum atomic E-state index is -0.0818. The van der Waals surface area contributed by atoms with Gasteiger partial charge in [-0.25, -0.2) is 0 Å². The predicted octanol–water partition coefficient (Wildman–Crippen LogP) is 8.87. The van der Waals surface area contributed by atoms with E-state index in [9.17, 15) is 0 Å². The molecule has 2 unspecified atom stereocenters. The van der Waals surface area contributed by atoms with Crippen LogP contribution < -0.4 is 0 Å². The van der Waals surface area contributed by atoms with Gasteiger partial charge in [0.25, 0.3) is 0 Å². The zero-order valence-corrected chi connectivity index (χ0v) is 20.7. The van der Waals surface area contributed by atoms with Crippen molar-refractivity contribution in [1.29, 1.82) is 0 Å². The van der Waals surface area contributed by atoms with Gasteiger partial charge in [0.15, 0.2) is 0 Å². The Balaban J connectivity index is 1.61. The van der Waals surface area contributed by atoms with E-state index in [1.807, 2.05) is 0 Å². The normalized spacial score (nSPS) is 22.6. The molecule has 0 aliphatic heterocycles. The molecule has 0 bridgehead atoms. The molecule has 4 aromatic rings. The molecule has 2 heteroatoms. The third-order valence-corrected chi connectivity index (χ3v) is 8.47. The van der Waals surface area contributed by atoms with E-state index in [1.54, 1.807) is 0 Å². The Hall–Kier alpha value is -2.16. The first-order valence-electron chi connectivity index (χ1n) is 10.7. The van der Waals surface area contributed by atoms with Gasteiger partial charge in [-0.1, -0.05) is 106 Å². The number of fused-ring (bicyclic) bond motifs is 6. The van der Waals surface area contributed by atoms with E-state index in [0.29, 0.717) is 0 Å². The number of halogens is 2. The lowest BCUT2D eigenvalue weighted by Crippen LogP contribution is -2.33. The lowest BCUT2D eigenvalue weighted by Gasteiger charge is -2.38. The van der Waals surface area contributed by atoms with Gasteiger partial charge in [-0.15, -0.1) is 0 Å². The average Bonchev–Trinajstić information content (AvgIpc) is 3.15. The molecule has 0 heterocycles. The first-order valence-corrected chi connectivity index (χ1v) is 12.3. The monoisotopic (exact) mass is 528 g/mol. The van der Waals surface area contributed by atoms with Gasteiger partial charge in [0, 0.05) is 19.8 Å². The molecule has 4 aromatic carbocycles. The van der Waals surface area contributed by atoms with Gasteiger partial charge in [-0.2, -0.15) is 0 Å². The smallest absolute Gasteiger partial charge is 0.0199 e. The van der Waals surface area contributed by atoms with Crippen LogP contribution in [0.5, 0.6) is 0 Å². The Bertz CT molecular complexity index is 1260. The molecule has 0 nitrogen and oxygen atoms in total. The summed E-state index contributed by atoms with van der Waals surface area (Å²) in [6.07, 6.45) is 1.01. The van der Waals surface area contributed by atoms with Crippen LogP contribution in [0.3, 0.4) is 0 Å². The van der Waals surface area contributed by atoms with Crippen molar-refractivity contribution < 1.29 is 0 Å². The first-order chi connectivity index (χ1) is 14.9. The van der Waals surface area contributed by atoms with E-state index in [-0.39, 0.29) is 10.8 Å². The van der Waals surface area contributed by atoms with E-state index in [1.165, 1.54) is 44.5 Å². The molecule has 0 radical (unpaired) electrons. The molecule has 0 saturated carbocycles. The van der Waals surface area contributed by atoms with Crippen LogP contribution in [0.25, 0.3) is 22.3 Å². The van der Waals surface area contributed by atoms with Crippen LogP contribution in [0, 0.1) is 0 Å². The molecular weight excluding hydrogens is 508 g/mol. The molecule has 0 fully saturated rings. The van der Waals surface area contributed by atoms with Crippen molar-refractivity contribution in [2.75, 3.05) is 0 Å². The van der Waals surface area contributed by atoms with Crippen LogP contribution in [0.2, 0.25) is 0 Å². The second kappa shape index (κ2) is 6.67. The molecule has 31 heavy (non-hydrogen) atoms. The zero-order chi connectivity index (χ0) is 21.4. The Morgan fingerprint density at radius 2 is 0.903 bits per heavy atom. The van der Waals surface area contributed by atoms with Gasteiger partial charge in [0.2, 0.25) is 0 Å². The molecule has 152 valence electrons. The second-order valence-electron chi connectivity index (χ2n) is 9.31. The van der Waals surface area contributed by atoms with Gasteiger partial charge in [0.1, 0.15) is 0 Å². The lowest BCUT2D eigenvalue weighted by atomic mass is 9.64. The Kier molecular flexibility index (Phi) is 4.20. The lowest BCUT2D eigenvalue weighted by molar-refractivity contribution is 0.406. The van der Waals surface area contributed by atoms with E-state index >= 15 is 0 Å². The van der Waals surface area contributed by atoms with Crippen molar-refractivity contribution >= 4 is 31.9 Å². The maximum Gasteiger partial charge on any atom is 0.0199 e. The number of rotatable bonds is 2. The van der Waals surface area contributed by atoms with Crippen molar-refractivity contribution in [3.05, 3.63) is 116 Å². The van der Waals surface area contributed by atoms with Crippen molar-refractivity contribution in [3.8, 4) is 22.3 Å². The van der Waals surface area contributed by atoms with Crippen LogP contribution in [0.15, 0.2) is 93.9 Å². The van der Waals surface area contributed by atoms with Gasteiger partial charge in [0.05, 0.1) is 0 Å². The summed E-state index contributed by atoms with van der Waals surface area (Å²) >= 11 is 7.48. The number of benzene rings is 4. The van der Waals surface area contributed by atoms with Crippen LogP contribution in [-0.4, -0.2) is 0 Å². The summed E-state index contributed by atoms with van der Waals surface area (Å²) in [5.41, 5.74) is 11.0. The summed E-state index contributed by atoms with van der Waals surface area (Å²) in [6, 6.07) is 31.5. The van der Waals surface area contributed by atoms with Crippen molar-refractivity contribution in [3.63, 3.8) is 0 Å². The van der Waals surface area contributed by atoms with Gasteiger partial charge in [-0.05, 0) is 75.2 Å². The van der Waals surface area contributed by atoms with E-state index in [2.05, 4.69) is 131 Å². The third-order valence-electron chi connectivity index (χ3n) is 7.48. The molecule has 0 N–H and O–H groups in total. The number of hydrogen-bond donors (Lipinski definition) is 0. The SMILES string of the molecule is CC1(CC2(C)c3ccccc3-c3ccc(Br)cc32)c2ccccc2-c2ccc(Br)cc21. The summed E-state index contributed by atoms with van der Waals surface area (Å²) in [5, 5.41) is 0. The van der Waals surface area contributed by atoms with Gasteiger partial charge in [-0.3, -0.25) is 0 Å². The highest BCUT2D eigenvalue weighted by Crippen LogP contribution is 2.59. The van der Waals surface area contributed by atoms with E-state index < -0.39 is 0 Å². The highest BCUT2D eigenvalue weighted by atomic mass is 79.9. The van der Waals surface area contributed by atoms with Crippen molar-refractivity contribution in [1.82, 2.24) is 0 Å². The third kappa shape index (κ3) is 2.64. The summed E-state index contributed by atoms with van der Waals surface area (Å²) in [6.45, 7) is 4.88. The predicted molar refractivity (Wildman–Crippen MR) is 137 cm³/mol. The molecule has 0 aromatic heterocycles. The van der Waals surface area contributed by atoms with E-state index in [4.69, 9.17) is 0 Å². The second-order valence-corrected chi connectivity index (χ2v) is 11.1. The molecular formula is C29H22Br2. The van der Waals surface area contributed by atoms with Gasteiger partial charge >= 0.3 is 0 Å². The fourth-order valence-corrected chi connectivity index (χ4v) is 6.91. The Morgan fingerprint density at radius 3 is 1.35 bits per heavy atom.